The molecule has 0 unspecified atom stereocenters. The van der Waals surface area contributed by atoms with Gasteiger partial charge in [0.1, 0.15) is 12.4 Å². The van der Waals surface area contributed by atoms with E-state index in [-0.39, 0.29) is 17.7 Å². The average Bonchev–Trinajstić information content (AvgIpc) is 3.20. The lowest BCUT2D eigenvalue weighted by Gasteiger charge is -2.38. The molecule has 2 amide bonds. The lowest BCUT2D eigenvalue weighted by Crippen LogP contribution is -2.50. The maximum absolute atomic E-state index is 13.0. The van der Waals surface area contributed by atoms with Crippen LogP contribution in [0.3, 0.4) is 0 Å². The summed E-state index contributed by atoms with van der Waals surface area (Å²) in [6.07, 6.45) is 5.77. The van der Waals surface area contributed by atoms with Crippen molar-refractivity contribution < 1.29 is 14.3 Å². The highest BCUT2D eigenvalue weighted by atomic mass is 16.5. The van der Waals surface area contributed by atoms with Crippen LogP contribution in [0.5, 0.6) is 5.75 Å². The molecule has 26 heavy (non-hydrogen) atoms. The van der Waals surface area contributed by atoms with E-state index in [4.69, 9.17) is 4.74 Å². The Morgan fingerprint density at radius 3 is 2.62 bits per heavy atom. The van der Waals surface area contributed by atoms with Gasteiger partial charge in [0.15, 0.2) is 0 Å². The summed E-state index contributed by atoms with van der Waals surface area (Å²) in [4.78, 5) is 29.1. The lowest BCUT2D eigenvalue weighted by molar-refractivity contribution is -0.144. The van der Waals surface area contributed by atoms with E-state index in [9.17, 15) is 9.59 Å². The maximum Gasteiger partial charge on any atom is 0.227 e. The van der Waals surface area contributed by atoms with Crippen molar-refractivity contribution in [1.29, 1.82) is 0 Å². The Kier molecular flexibility index (Phi) is 6.53. The maximum atomic E-state index is 13.0. The van der Waals surface area contributed by atoms with Gasteiger partial charge in [-0.15, -0.1) is 0 Å². The van der Waals surface area contributed by atoms with Crippen molar-refractivity contribution in [1.82, 2.24) is 9.80 Å². The zero-order valence-corrected chi connectivity index (χ0v) is 15.7. The number of amides is 2. The third kappa shape index (κ3) is 4.57. The van der Waals surface area contributed by atoms with Gasteiger partial charge in [0, 0.05) is 25.6 Å². The van der Waals surface area contributed by atoms with Crippen LogP contribution in [-0.4, -0.2) is 53.9 Å². The van der Waals surface area contributed by atoms with Crippen molar-refractivity contribution in [2.24, 2.45) is 5.92 Å². The number of piperidine rings is 1. The highest BCUT2D eigenvalue weighted by Crippen LogP contribution is 2.29. The number of ether oxygens (including phenoxy) is 1. The minimum absolute atomic E-state index is 0.0648. The minimum atomic E-state index is -0.0648. The third-order valence-electron chi connectivity index (χ3n) is 5.63. The predicted molar refractivity (Wildman–Crippen MR) is 101 cm³/mol. The van der Waals surface area contributed by atoms with E-state index < -0.39 is 0 Å². The van der Waals surface area contributed by atoms with Crippen LogP contribution in [0.25, 0.3) is 0 Å². The van der Waals surface area contributed by atoms with Crippen molar-refractivity contribution in [2.45, 2.75) is 51.5 Å². The molecule has 0 aromatic heterocycles. The van der Waals surface area contributed by atoms with Crippen LogP contribution >= 0.6 is 0 Å². The fourth-order valence-corrected chi connectivity index (χ4v) is 4.11. The molecule has 1 aromatic carbocycles. The Balaban J connectivity index is 1.52. The number of para-hydroxylation sites is 1. The molecule has 1 heterocycles. The molecule has 2 fully saturated rings. The van der Waals surface area contributed by atoms with Crippen LogP contribution in [0.15, 0.2) is 30.3 Å². The molecule has 3 rings (SSSR count). The summed E-state index contributed by atoms with van der Waals surface area (Å²) in [6.45, 7) is 4.34. The summed E-state index contributed by atoms with van der Waals surface area (Å²) in [5, 5.41) is 0. The molecule has 1 saturated heterocycles. The van der Waals surface area contributed by atoms with Gasteiger partial charge in [0.2, 0.25) is 11.8 Å². The van der Waals surface area contributed by atoms with Crippen LogP contribution in [0.2, 0.25) is 0 Å². The molecule has 5 heteroatoms. The van der Waals surface area contributed by atoms with Gasteiger partial charge in [-0.1, -0.05) is 31.0 Å². The molecule has 0 radical (unpaired) electrons. The van der Waals surface area contributed by atoms with Crippen LogP contribution in [0.4, 0.5) is 0 Å². The summed E-state index contributed by atoms with van der Waals surface area (Å²) < 4.78 is 5.74. The highest BCUT2D eigenvalue weighted by molar-refractivity contribution is 5.84. The second-order valence-corrected chi connectivity index (χ2v) is 7.30. The number of likely N-dealkylation sites (N-methyl/N-ethyl adjacent to an activating group) is 1. The van der Waals surface area contributed by atoms with Gasteiger partial charge >= 0.3 is 0 Å². The molecule has 1 aliphatic heterocycles. The van der Waals surface area contributed by atoms with Gasteiger partial charge in [-0.25, -0.2) is 0 Å². The first-order valence-electron chi connectivity index (χ1n) is 9.95. The fourth-order valence-electron chi connectivity index (χ4n) is 4.11. The van der Waals surface area contributed by atoms with Crippen molar-refractivity contribution in [3.63, 3.8) is 0 Å². The number of hydrogen-bond acceptors (Lipinski definition) is 3. The number of hydrogen-bond donors (Lipinski definition) is 0. The molecule has 142 valence electrons. The van der Waals surface area contributed by atoms with Gasteiger partial charge in [-0.05, 0) is 38.3 Å². The minimum Gasteiger partial charge on any atom is -0.492 e. The molecule has 1 aliphatic carbocycles. The van der Waals surface area contributed by atoms with Crippen molar-refractivity contribution in [3.8, 4) is 5.75 Å². The van der Waals surface area contributed by atoms with Crippen molar-refractivity contribution in [2.75, 3.05) is 26.2 Å². The standard InChI is InChI=1S/C21H30N2O3/c1-2-22(14-15-26-19-10-4-3-5-11-19)21(25)17-12-13-20(24)23(16-17)18-8-6-7-9-18/h3-5,10-11,17-18H,2,6-9,12-16H2,1H3/t17-/m0/s1. The van der Waals surface area contributed by atoms with Crippen LogP contribution in [-0.2, 0) is 9.59 Å². The molecular weight excluding hydrogens is 328 g/mol. The van der Waals surface area contributed by atoms with Crippen LogP contribution in [0, 0.1) is 5.92 Å². The topological polar surface area (TPSA) is 49.9 Å². The van der Waals surface area contributed by atoms with Gasteiger partial charge in [-0.2, -0.15) is 0 Å². The van der Waals surface area contributed by atoms with Gasteiger partial charge in [0.05, 0.1) is 12.5 Å². The van der Waals surface area contributed by atoms with E-state index in [1.54, 1.807) is 0 Å². The third-order valence-corrected chi connectivity index (χ3v) is 5.63. The number of carbonyl (C=O) groups is 2. The van der Waals surface area contributed by atoms with Crippen molar-refractivity contribution >= 4 is 11.8 Å². The number of carbonyl (C=O) groups excluding carboxylic acids is 2. The molecule has 0 N–H and O–H groups in total. The van der Waals surface area contributed by atoms with Crippen LogP contribution < -0.4 is 4.74 Å². The lowest BCUT2D eigenvalue weighted by atomic mass is 9.94. The quantitative estimate of drug-likeness (QED) is 0.753. The molecule has 1 atom stereocenters. The molecular formula is C21H30N2O3. The Morgan fingerprint density at radius 1 is 1.19 bits per heavy atom. The van der Waals surface area contributed by atoms with Gasteiger partial charge in [0.25, 0.3) is 0 Å². The summed E-state index contributed by atoms with van der Waals surface area (Å²) in [7, 11) is 0. The zero-order chi connectivity index (χ0) is 18.4. The molecule has 0 bridgehead atoms. The Hall–Kier alpha value is -2.04. The fraction of sp³-hybridized carbons (Fsp3) is 0.619. The SMILES string of the molecule is CCN(CCOc1ccccc1)C(=O)[C@H]1CCC(=O)N(C2CCCC2)C1. The van der Waals surface area contributed by atoms with Crippen molar-refractivity contribution in [3.05, 3.63) is 30.3 Å². The summed E-state index contributed by atoms with van der Waals surface area (Å²) in [5.41, 5.74) is 0. The summed E-state index contributed by atoms with van der Waals surface area (Å²) in [5.74, 6) is 1.16. The number of benzene rings is 1. The van der Waals surface area contributed by atoms with E-state index in [1.165, 1.54) is 12.8 Å². The van der Waals surface area contributed by atoms with E-state index in [1.807, 2.05) is 47.1 Å². The molecule has 2 aliphatic rings. The number of rotatable bonds is 7. The molecule has 1 aromatic rings. The molecule has 1 saturated carbocycles. The van der Waals surface area contributed by atoms with E-state index >= 15 is 0 Å². The highest BCUT2D eigenvalue weighted by Gasteiger charge is 2.36. The summed E-state index contributed by atoms with van der Waals surface area (Å²) in [6, 6.07) is 10.0. The van der Waals surface area contributed by atoms with Gasteiger partial charge < -0.3 is 14.5 Å². The average molecular weight is 358 g/mol. The second-order valence-electron chi connectivity index (χ2n) is 7.30. The van der Waals surface area contributed by atoms with E-state index in [2.05, 4.69) is 0 Å². The predicted octanol–water partition coefficient (Wildman–Crippen LogP) is 3.10. The van der Waals surface area contributed by atoms with E-state index in [0.717, 1.165) is 18.6 Å². The zero-order valence-electron chi connectivity index (χ0n) is 15.7. The monoisotopic (exact) mass is 358 g/mol. The Labute approximate surface area is 156 Å². The Bertz CT molecular complexity index is 599. The second kappa shape index (κ2) is 9.06. The molecule has 0 spiro atoms. The first-order valence-corrected chi connectivity index (χ1v) is 9.95. The van der Waals surface area contributed by atoms with E-state index in [0.29, 0.717) is 45.1 Å². The largest absolute Gasteiger partial charge is 0.492 e. The number of nitrogens with zero attached hydrogens (tertiary/aromatic N) is 2. The first-order chi connectivity index (χ1) is 12.7. The summed E-state index contributed by atoms with van der Waals surface area (Å²) >= 11 is 0. The van der Waals surface area contributed by atoms with Gasteiger partial charge in [-0.3, -0.25) is 9.59 Å². The molecule has 5 nitrogen and oxygen atoms in total. The first kappa shape index (κ1) is 18.7. The smallest absolute Gasteiger partial charge is 0.227 e. The normalized spacial score (nSPS) is 21.0. The van der Waals surface area contributed by atoms with Crippen LogP contribution in [0.1, 0.15) is 45.4 Å². The Morgan fingerprint density at radius 2 is 1.92 bits per heavy atom. The number of likely N-dealkylation sites (tertiary alicyclic amines) is 1.